The van der Waals surface area contributed by atoms with Crippen molar-refractivity contribution in [2.75, 3.05) is 13.1 Å². The molecule has 5 heterocycles. The maximum Gasteiger partial charge on any atom is 0.490 e. The lowest BCUT2D eigenvalue weighted by Gasteiger charge is -2.38. The van der Waals surface area contributed by atoms with Crippen molar-refractivity contribution in [3.63, 3.8) is 0 Å². The van der Waals surface area contributed by atoms with Crippen LogP contribution >= 0.6 is 0 Å². The van der Waals surface area contributed by atoms with E-state index in [1.54, 1.807) is 17.0 Å². The number of carboxylic acids is 2. The van der Waals surface area contributed by atoms with Crippen molar-refractivity contribution in [3.05, 3.63) is 80.4 Å². The maximum absolute atomic E-state index is 12.8. The number of fused-ring (bicyclic) bond motifs is 2. The summed E-state index contributed by atoms with van der Waals surface area (Å²) in [7, 11) is 0. The Morgan fingerprint density at radius 3 is 1.89 bits per heavy atom. The molecule has 2 aliphatic rings. The second-order valence-electron chi connectivity index (χ2n) is 10.1. The van der Waals surface area contributed by atoms with Crippen molar-refractivity contribution in [3.8, 4) is 0 Å². The van der Waals surface area contributed by atoms with Gasteiger partial charge in [-0.15, -0.1) is 0 Å². The molecule has 1 fully saturated rings. The third-order valence-electron chi connectivity index (χ3n) is 6.98. The molecule has 3 aromatic rings. The molecule has 5 rings (SSSR count). The van der Waals surface area contributed by atoms with Crippen LogP contribution in [0.4, 0.5) is 26.3 Å². The van der Waals surface area contributed by atoms with Gasteiger partial charge in [0.1, 0.15) is 5.82 Å². The van der Waals surface area contributed by atoms with E-state index in [-0.39, 0.29) is 12.0 Å². The number of nitrogens with zero attached hydrogens (tertiary/aromatic N) is 7. The topological polar surface area (TPSA) is 173 Å². The molecule has 244 valence electrons. The van der Waals surface area contributed by atoms with Crippen LogP contribution in [0.2, 0.25) is 0 Å². The minimum atomic E-state index is -5.08. The third-order valence-corrected chi connectivity index (χ3v) is 6.98. The van der Waals surface area contributed by atoms with Crippen LogP contribution in [0, 0.1) is 6.92 Å². The first-order chi connectivity index (χ1) is 20.9. The van der Waals surface area contributed by atoms with Crippen molar-refractivity contribution in [2.45, 2.75) is 63.6 Å². The normalized spacial score (nSPS) is 15.7. The van der Waals surface area contributed by atoms with E-state index in [0.29, 0.717) is 12.2 Å². The standard InChI is InChI=1S/C22H25N7O2.2C2HF3O2/c1-16-12-25-18(13-24-16)15-29-20(31)19(30)28-11-7-22(21(28)26-29)5-9-27(10-6-22)14-17-4-2-3-8-23-17;2*3-2(4,5)1(6)7/h2-4,8,12-13H,5-7,9-11,14-15H2,1H3;2*(H,6,7). The molecule has 19 heteroatoms. The Morgan fingerprint density at radius 1 is 0.822 bits per heavy atom. The van der Waals surface area contributed by atoms with Crippen LogP contribution in [-0.4, -0.2) is 81.8 Å². The molecule has 0 aliphatic carbocycles. The number of alkyl halides is 6. The van der Waals surface area contributed by atoms with Gasteiger partial charge in [0.15, 0.2) is 0 Å². The Kier molecular flexibility index (Phi) is 10.8. The lowest BCUT2D eigenvalue weighted by molar-refractivity contribution is -0.193. The average Bonchev–Trinajstić information content (AvgIpc) is 3.31. The molecule has 0 bridgehead atoms. The monoisotopic (exact) mass is 647 g/mol. The van der Waals surface area contributed by atoms with Gasteiger partial charge in [0.25, 0.3) is 0 Å². The summed E-state index contributed by atoms with van der Waals surface area (Å²) < 4.78 is 66.3. The predicted molar refractivity (Wildman–Crippen MR) is 141 cm³/mol. The molecule has 1 saturated heterocycles. The summed E-state index contributed by atoms with van der Waals surface area (Å²) in [6.07, 6.45) is -2.40. The molecule has 0 amide bonds. The number of halogens is 6. The number of aryl methyl sites for hydroxylation is 1. The molecule has 13 nitrogen and oxygen atoms in total. The Bertz CT molecular complexity index is 1580. The summed E-state index contributed by atoms with van der Waals surface area (Å²) in [6, 6.07) is 5.98. The zero-order valence-electron chi connectivity index (χ0n) is 23.5. The molecule has 0 aromatic carbocycles. The highest BCUT2D eigenvalue weighted by Crippen LogP contribution is 2.41. The van der Waals surface area contributed by atoms with Crippen LogP contribution in [0.3, 0.4) is 0 Å². The zero-order chi connectivity index (χ0) is 33.6. The number of carbonyl (C=O) groups is 2. The molecule has 0 unspecified atom stereocenters. The number of hydrogen-bond donors (Lipinski definition) is 2. The van der Waals surface area contributed by atoms with Gasteiger partial charge >= 0.3 is 35.4 Å². The number of pyridine rings is 1. The molecule has 2 aliphatic heterocycles. The first-order valence-corrected chi connectivity index (χ1v) is 13.2. The highest BCUT2D eigenvalue weighted by molar-refractivity contribution is 5.73. The number of aliphatic carboxylic acids is 2. The Morgan fingerprint density at radius 2 is 1.40 bits per heavy atom. The third kappa shape index (κ3) is 9.16. The first kappa shape index (κ1) is 34.8. The van der Waals surface area contributed by atoms with E-state index >= 15 is 0 Å². The summed E-state index contributed by atoms with van der Waals surface area (Å²) in [5.41, 5.74) is 1.23. The van der Waals surface area contributed by atoms with Crippen LogP contribution in [-0.2, 0) is 34.6 Å². The number of likely N-dealkylation sites (tertiary alicyclic amines) is 1. The van der Waals surface area contributed by atoms with Gasteiger partial charge in [-0.25, -0.2) is 14.3 Å². The zero-order valence-corrected chi connectivity index (χ0v) is 23.5. The lowest BCUT2D eigenvalue weighted by atomic mass is 9.76. The van der Waals surface area contributed by atoms with Crippen LogP contribution in [0.5, 0.6) is 0 Å². The van der Waals surface area contributed by atoms with Crippen molar-refractivity contribution in [2.24, 2.45) is 0 Å². The quantitative estimate of drug-likeness (QED) is 0.314. The molecule has 45 heavy (non-hydrogen) atoms. The molecule has 1 spiro atoms. The molecule has 0 radical (unpaired) electrons. The van der Waals surface area contributed by atoms with E-state index in [9.17, 15) is 35.9 Å². The average molecular weight is 648 g/mol. The van der Waals surface area contributed by atoms with Crippen LogP contribution in [0.15, 0.2) is 46.4 Å². The van der Waals surface area contributed by atoms with Gasteiger partial charge in [-0.05, 0) is 51.4 Å². The Balaban J connectivity index is 0.000000331. The fraction of sp³-hybridized carbons (Fsp3) is 0.462. The lowest BCUT2D eigenvalue weighted by Crippen LogP contribution is -2.47. The number of rotatable bonds is 4. The van der Waals surface area contributed by atoms with Gasteiger partial charge in [-0.1, -0.05) is 6.07 Å². The summed E-state index contributed by atoms with van der Waals surface area (Å²) >= 11 is 0. The van der Waals surface area contributed by atoms with Gasteiger partial charge in [-0.2, -0.15) is 31.4 Å². The highest BCUT2D eigenvalue weighted by atomic mass is 19.4. The summed E-state index contributed by atoms with van der Waals surface area (Å²) in [6.45, 7) is 5.21. The van der Waals surface area contributed by atoms with Crippen molar-refractivity contribution >= 4 is 11.9 Å². The smallest absolute Gasteiger partial charge is 0.475 e. The number of hydrogen-bond acceptors (Lipinski definition) is 9. The second kappa shape index (κ2) is 14.0. The van der Waals surface area contributed by atoms with Crippen LogP contribution in [0.25, 0.3) is 0 Å². The van der Waals surface area contributed by atoms with E-state index in [0.717, 1.165) is 56.1 Å². The maximum atomic E-state index is 12.8. The van der Waals surface area contributed by atoms with E-state index in [4.69, 9.17) is 19.8 Å². The molecular weight excluding hydrogens is 620 g/mol. The van der Waals surface area contributed by atoms with Gasteiger partial charge in [0, 0.05) is 30.9 Å². The van der Waals surface area contributed by atoms with Crippen LogP contribution < -0.4 is 11.1 Å². The number of piperidine rings is 1. The fourth-order valence-electron chi connectivity index (χ4n) is 4.67. The fourth-order valence-corrected chi connectivity index (χ4v) is 4.67. The first-order valence-electron chi connectivity index (χ1n) is 13.2. The van der Waals surface area contributed by atoms with E-state index in [2.05, 4.69) is 25.0 Å². The minimum Gasteiger partial charge on any atom is -0.475 e. The largest absolute Gasteiger partial charge is 0.490 e. The minimum absolute atomic E-state index is 0.150. The van der Waals surface area contributed by atoms with Crippen molar-refractivity contribution in [1.29, 1.82) is 0 Å². The summed E-state index contributed by atoms with van der Waals surface area (Å²) in [5, 5.41) is 18.9. The highest BCUT2D eigenvalue weighted by Gasteiger charge is 2.44. The van der Waals surface area contributed by atoms with E-state index in [1.807, 2.05) is 31.3 Å². The molecule has 0 saturated carbocycles. The summed E-state index contributed by atoms with van der Waals surface area (Å²) in [4.78, 5) is 58.6. The number of carboxylic acid groups (broad SMARTS) is 2. The van der Waals surface area contributed by atoms with E-state index < -0.39 is 35.4 Å². The SMILES string of the molecule is Cc1cnc(Cn2nc3n(c(=O)c2=O)CCC32CCN(Cc3ccccn3)CC2)cn1.O=C(O)C(F)(F)F.O=C(O)C(F)(F)F. The van der Waals surface area contributed by atoms with Gasteiger partial charge in [0.2, 0.25) is 0 Å². The predicted octanol–water partition coefficient (Wildman–Crippen LogP) is 2.15. The Labute approximate surface area is 249 Å². The van der Waals surface area contributed by atoms with Gasteiger partial charge in [0.05, 0.1) is 29.8 Å². The second-order valence-corrected chi connectivity index (χ2v) is 10.1. The molecule has 0 atom stereocenters. The Hall–Kier alpha value is -4.68. The molecule has 2 N–H and O–H groups in total. The van der Waals surface area contributed by atoms with E-state index in [1.165, 1.54) is 4.68 Å². The van der Waals surface area contributed by atoms with Gasteiger partial charge in [-0.3, -0.25) is 34.0 Å². The number of aromatic nitrogens is 6. The van der Waals surface area contributed by atoms with Gasteiger partial charge < -0.3 is 10.2 Å². The molecular formula is C26H27F6N7O6. The molecule has 3 aromatic heterocycles. The van der Waals surface area contributed by atoms with Crippen molar-refractivity contribution < 1.29 is 46.1 Å². The summed E-state index contributed by atoms with van der Waals surface area (Å²) in [5.74, 6) is -4.77. The van der Waals surface area contributed by atoms with Crippen molar-refractivity contribution in [1.82, 2.24) is 34.2 Å². The van der Waals surface area contributed by atoms with Crippen LogP contribution in [0.1, 0.15) is 42.2 Å².